The summed E-state index contributed by atoms with van der Waals surface area (Å²) in [7, 11) is 0. The molecular formula is C20H22ClNO3S. The molecule has 0 unspecified atom stereocenters. The average molecular weight is 392 g/mol. The van der Waals surface area contributed by atoms with E-state index in [4.69, 9.17) is 16.3 Å². The topological polar surface area (TPSA) is 56.3 Å². The molecule has 0 radical (unpaired) electrons. The fourth-order valence-electron chi connectivity index (χ4n) is 2.76. The number of thiazole rings is 1. The summed E-state index contributed by atoms with van der Waals surface area (Å²) in [4.78, 5) is 27.9. The molecule has 1 heterocycles. The van der Waals surface area contributed by atoms with Gasteiger partial charge in [0, 0.05) is 28.8 Å². The Bertz CT molecular complexity index is 809. The van der Waals surface area contributed by atoms with Crippen LogP contribution in [-0.4, -0.2) is 17.2 Å². The van der Waals surface area contributed by atoms with Crippen LogP contribution in [0.3, 0.4) is 0 Å². The summed E-state index contributed by atoms with van der Waals surface area (Å²) >= 11 is 7.35. The van der Waals surface area contributed by atoms with Crippen molar-refractivity contribution in [3.05, 3.63) is 46.1 Å². The number of aldehydes is 1. The van der Waals surface area contributed by atoms with E-state index in [0.29, 0.717) is 28.0 Å². The van der Waals surface area contributed by atoms with Crippen molar-refractivity contribution in [2.24, 2.45) is 11.8 Å². The molecule has 1 atom stereocenters. The second-order valence-corrected chi connectivity index (χ2v) is 7.86. The molecule has 1 aromatic carbocycles. The SMILES string of the molecule is CC(=O)O/C(=C(/C=O)c1csc(-c2ccc(Cl)cc2)n1)[C@H](C)CC(C)C. The van der Waals surface area contributed by atoms with Crippen molar-refractivity contribution >= 4 is 40.8 Å². The van der Waals surface area contributed by atoms with Crippen molar-refractivity contribution in [2.75, 3.05) is 0 Å². The van der Waals surface area contributed by atoms with Crippen LogP contribution in [0.25, 0.3) is 16.1 Å². The Balaban J connectivity index is 2.45. The van der Waals surface area contributed by atoms with Crippen molar-refractivity contribution in [1.29, 1.82) is 0 Å². The number of aromatic nitrogens is 1. The maximum absolute atomic E-state index is 11.8. The molecule has 2 aromatic rings. The third kappa shape index (κ3) is 5.26. The van der Waals surface area contributed by atoms with E-state index >= 15 is 0 Å². The molecule has 0 aliphatic rings. The Morgan fingerprint density at radius 1 is 1.27 bits per heavy atom. The molecule has 0 fully saturated rings. The number of hydrogen-bond donors (Lipinski definition) is 0. The van der Waals surface area contributed by atoms with Gasteiger partial charge in [-0.2, -0.15) is 0 Å². The van der Waals surface area contributed by atoms with Gasteiger partial charge in [0.05, 0.1) is 11.3 Å². The summed E-state index contributed by atoms with van der Waals surface area (Å²) in [5, 5.41) is 3.23. The maximum atomic E-state index is 11.8. The fourth-order valence-corrected chi connectivity index (χ4v) is 3.71. The molecule has 2 rings (SSSR count). The molecule has 26 heavy (non-hydrogen) atoms. The first kappa shape index (κ1) is 20.3. The standard InChI is InChI=1S/C20H22ClNO3S/c1-12(2)9-13(3)19(25-14(4)24)17(10-23)18-11-26-20(22-18)15-5-7-16(21)8-6-15/h5-8,10-13H,9H2,1-4H3/b19-17-/t13-/m1/s1. The van der Waals surface area contributed by atoms with E-state index < -0.39 is 5.97 Å². The molecule has 0 aliphatic carbocycles. The monoisotopic (exact) mass is 391 g/mol. The van der Waals surface area contributed by atoms with E-state index in [-0.39, 0.29) is 5.92 Å². The molecule has 0 N–H and O–H groups in total. The number of ether oxygens (including phenoxy) is 1. The molecule has 0 saturated carbocycles. The summed E-state index contributed by atoms with van der Waals surface area (Å²) < 4.78 is 5.41. The highest BCUT2D eigenvalue weighted by molar-refractivity contribution is 7.13. The van der Waals surface area contributed by atoms with Crippen LogP contribution in [0.15, 0.2) is 35.4 Å². The lowest BCUT2D eigenvalue weighted by molar-refractivity contribution is -0.137. The zero-order valence-corrected chi connectivity index (χ0v) is 16.9. The highest BCUT2D eigenvalue weighted by atomic mass is 35.5. The van der Waals surface area contributed by atoms with Gasteiger partial charge in [0.25, 0.3) is 0 Å². The number of carbonyl (C=O) groups excluding carboxylic acids is 2. The largest absolute Gasteiger partial charge is 0.430 e. The number of allylic oxidation sites excluding steroid dienone is 2. The van der Waals surface area contributed by atoms with Gasteiger partial charge in [-0.1, -0.05) is 44.5 Å². The summed E-state index contributed by atoms with van der Waals surface area (Å²) in [6, 6.07) is 7.35. The lowest BCUT2D eigenvalue weighted by Crippen LogP contribution is -2.13. The van der Waals surface area contributed by atoms with E-state index in [1.165, 1.54) is 18.3 Å². The second-order valence-electron chi connectivity index (χ2n) is 6.56. The molecule has 1 aromatic heterocycles. The molecule has 0 spiro atoms. The first-order chi connectivity index (χ1) is 12.3. The number of rotatable bonds is 7. The van der Waals surface area contributed by atoms with Gasteiger partial charge in [0.2, 0.25) is 0 Å². The van der Waals surface area contributed by atoms with Crippen molar-refractivity contribution in [1.82, 2.24) is 4.98 Å². The molecule has 4 nitrogen and oxygen atoms in total. The van der Waals surface area contributed by atoms with Crippen molar-refractivity contribution < 1.29 is 14.3 Å². The van der Waals surface area contributed by atoms with E-state index in [1.54, 1.807) is 17.5 Å². The number of carbonyl (C=O) groups is 2. The van der Waals surface area contributed by atoms with Crippen LogP contribution in [0, 0.1) is 11.8 Å². The highest BCUT2D eigenvalue weighted by Gasteiger charge is 2.22. The average Bonchev–Trinajstić information content (AvgIpc) is 3.04. The number of nitrogens with zero attached hydrogens (tertiary/aromatic N) is 1. The molecule has 0 aliphatic heterocycles. The van der Waals surface area contributed by atoms with E-state index in [9.17, 15) is 9.59 Å². The van der Waals surface area contributed by atoms with Gasteiger partial charge >= 0.3 is 5.97 Å². The number of benzene rings is 1. The Morgan fingerprint density at radius 2 is 1.92 bits per heavy atom. The first-order valence-electron chi connectivity index (χ1n) is 8.41. The van der Waals surface area contributed by atoms with Gasteiger partial charge in [0.15, 0.2) is 6.29 Å². The van der Waals surface area contributed by atoms with Crippen molar-refractivity contribution in [3.63, 3.8) is 0 Å². The maximum Gasteiger partial charge on any atom is 0.307 e. The van der Waals surface area contributed by atoms with Crippen LogP contribution >= 0.6 is 22.9 Å². The summed E-state index contributed by atoms with van der Waals surface area (Å²) in [5.41, 5.74) is 1.76. The smallest absolute Gasteiger partial charge is 0.307 e. The summed E-state index contributed by atoms with van der Waals surface area (Å²) in [6.07, 6.45) is 1.52. The van der Waals surface area contributed by atoms with E-state index in [0.717, 1.165) is 23.3 Å². The second kappa shape index (κ2) is 9.10. The Kier molecular flexibility index (Phi) is 7.12. The third-order valence-corrected chi connectivity index (χ3v) is 4.92. The zero-order chi connectivity index (χ0) is 19.3. The van der Waals surface area contributed by atoms with Crippen molar-refractivity contribution in [3.8, 4) is 10.6 Å². The van der Waals surface area contributed by atoms with Gasteiger partial charge in [-0.25, -0.2) is 4.98 Å². The van der Waals surface area contributed by atoms with Crippen LogP contribution in [-0.2, 0) is 14.3 Å². The van der Waals surface area contributed by atoms with Crippen LogP contribution in [0.1, 0.15) is 39.8 Å². The third-order valence-electron chi connectivity index (χ3n) is 3.78. The minimum Gasteiger partial charge on any atom is -0.430 e. The van der Waals surface area contributed by atoms with Gasteiger partial charge in [-0.15, -0.1) is 11.3 Å². The van der Waals surface area contributed by atoms with Crippen LogP contribution < -0.4 is 0 Å². The molecule has 138 valence electrons. The molecule has 6 heteroatoms. The normalized spacial score (nSPS) is 13.3. The minimum atomic E-state index is -0.442. The predicted octanol–water partition coefficient (Wildman–Crippen LogP) is 5.62. The molecule has 0 bridgehead atoms. The lowest BCUT2D eigenvalue weighted by Gasteiger charge is -2.19. The first-order valence-corrected chi connectivity index (χ1v) is 9.67. The minimum absolute atomic E-state index is 0.0696. The summed E-state index contributed by atoms with van der Waals surface area (Å²) in [6.45, 7) is 7.47. The van der Waals surface area contributed by atoms with Gasteiger partial charge < -0.3 is 4.74 Å². The van der Waals surface area contributed by atoms with E-state index in [2.05, 4.69) is 18.8 Å². The quantitative estimate of drug-likeness (QED) is 0.266. The van der Waals surface area contributed by atoms with E-state index in [1.807, 2.05) is 19.1 Å². The van der Waals surface area contributed by atoms with Crippen molar-refractivity contribution in [2.45, 2.75) is 34.1 Å². The highest BCUT2D eigenvalue weighted by Crippen LogP contribution is 2.32. The summed E-state index contributed by atoms with van der Waals surface area (Å²) in [5.74, 6) is 0.278. The van der Waals surface area contributed by atoms with Crippen LogP contribution in [0.5, 0.6) is 0 Å². The Labute approximate surface area is 162 Å². The van der Waals surface area contributed by atoms with Gasteiger partial charge in [0.1, 0.15) is 10.8 Å². The molecule has 0 amide bonds. The number of hydrogen-bond acceptors (Lipinski definition) is 5. The molecule has 0 saturated heterocycles. The van der Waals surface area contributed by atoms with Crippen LogP contribution in [0.4, 0.5) is 0 Å². The Morgan fingerprint density at radius 3 is 2.46 bits per heavy atom. The van der Waals surface area contributed by atoms with Gasteiger partial charge in [-0.05, 0) is 24.5 Å². The van der Waals surface area contributed by atoms with Crippen LogP contribution in [0.2, 0.25) is 5.02 Å². The fraction of sp³-hybridized carbons (Fsp3) is 0.350. The zero-order valence-electron chi connectivity index (χ0n) is 15.3. The predicted molar refractivity (Wildman–Crippen MR) is 106 cm³/mol. The lowest BCUT2D eigenvalue weighted by atomic mass is 9.94. The Hall–Kier alpha value is -1.98. The van der Waals surface area contributed by atoms with Gasteiger partial charge in [-0.3, -0.25) is 9.59 Å². The number of halogens is 1. The number of esters is 1. The molecular weight excluding hydrogens is 370 g/mol.